The first-order chi connectivity index (χ1) is 14.5. The van der Waals surface area contributed by atoms with E-state index in [1.54, 1.807) is 12.1 Å². The third kappa shape index (κ3) is 13.4. The molecule has 0 aromatic heterocycles. The van der Waals surface area contributed by atoms with Gasteiger partial charge in [0.05, 0.1) is 0 Å². The Kier molecular flexibility index (Phi) is 13.2. The van der Waals surface area contributed by atoms with Gasteiger partial charge in [-0.15, -0.1) is 0 Å². The van der Waals surface area contributed by atoms with Crippen LogP contribution in [0.3, 0.4) is 0 Å². The molecule has 1 atom stereocenters. The van der Waals surface area contributed by atoms with E-state index in [2.05, 4.69) is 11.6 Å². The van der Waals surface area contributed by atoms with E-state index in [4.69, 9.17) is 5.11 Å². The number of rotatable bonds is 17. The molecule has 1 aromatic rings. The number of alkyl halides is 1. The van der Waals surface area contributed by atoms with Crippen molar-refractivity contribution in [3.8, 4) is 0 Å². The van der Waals surface area contributed by atoms with Crippen LogP contribution in [-0.4, -0.2) is 53.8 Å². The number of carboxylic acid groups (broad SMARTS) is 1. The van der Waals surface area contributed by atoms with E-state index in [9.17, 15) is 13.2 Å². The number of carbonyl (C=O) groups is 1. The number of carboxylic acids is 1. The van der Waals surface area contributed by atoms with Crippen LogP contribution in [0.4, 0.5) is 0 Å². The number of nitrogens with one attached hydrogen (secondary N) is 1. The molecule has 0 unspecified atom stereocenters. The van der Waals surface area contributed by atoms with Crippen LogP contribution in [0, 0.1) is 0 Å². The average Bonchev–Trinajstić information content (AvgIpc) is 2.67. The van der Waals surface area contributed by atoms with Gasteiger partial charge >= 0.3 is 162 Å². The number of sulfonamides is 1. The molecule has 1 aromatic carbocycles. The zero-order valence-corrected chi connectivity index (χ0v) is 22.5. The predicted molar refractivity (Wildman–Crippen MR) is 122 cm³/mol. The van der Waals surface area contributed by atoms with E-state index in [-0.39, 0.29) is 32.8 Å². The van der Waals surface area contributed by atoms with Crippen LogP contribution in [0.1, 0.15) is 70.3 Å². The van der Waals surface area contributed by atoms with E-state index >= 15 is 0 Å². The number of halogens is 1. The van der Waals surface area contributed by atoms with Gasteiger partial charge in [-0.1, -0.05) is 39.0 Å². The van der Waals surface area contributed by atoms with Crippen molar-refractivity contribution in [1.82, 2.24) is 4.72 Å². The summed E-state index contributed by atoms with van der Waals surface area (Å²) in [5.74, 6) is -0.987. The quantitative estimate of drug-likeness (QED) is 0.128. The van der Waals surface area contributed by atoms with Crippen molar-refractivity contribution in [2.24, 2.45) is 0 Å². The van der Waals surface area contributed by atoms with Crippen molar-refractivity contribution in [3.63, 3.8) is 0 Å². The molecule has 0 saturated carbocycles. The molecule has 0 heterocycles. The Bertz CT molecular complexity index is 746. The van der Waals surface area contributed by atoms with Gasteiger partial charge in [0, 0.05) is 0 Å². The predicted octanol–water partition coefficient (Wildman–Crippen LogP) is 1.20. The number of benzene rings is 1. The van der Waals surface area contributed by atoms with Crippen molar-refractivity contribution < 1.29 is 42.5 Å². The number of hydrogen-bond acceptors (Lipinski definition) is 3. The summed E-state index contributed by atoms with van der Waals surface area (Å²) >= 11 is -0.389. The SMILES string of the molecule is CCCCCCCCCCc1ccc(S(=O)(=O)N[C@@H](C[I-][N+](C)(C)C)CC(=O)O)cc1. The summed E-state index contributed by atoms with van der Waals surface area (Å²) < 4.78 is 29.5. The summed E-state index contributed by atoms with van der Waals surface area (Å²) in [6.07, 6.45) is 10.9. The Balaban J connectivity index is 2.55. The van der Waals surface area contributed by atoms with Crippen LogP contribution >= 0.6 is 0 Å². The summed E-state index contributed by atoms with van der Waals surface area (Å²) in [6, 6.07) is 6.44. The zero-order chi connectivity index (χ0) is 23.3. The maximum absolute atomic E-state index is 12.8. The second-order valence-corrected chi connectivity index (χ2v) is 15.1. The maximum atomic E-state index is 12.8. The third-order valence-corrected chi connectivity index (χ3v) is 9.95. The van der Waals surface area contributed by atoms with Crippen molar-refractivity contribution in [2.45, 2.75) is 82.1 Å². The Morgan fingerprint density at radius 2 is 1.55 bits per heavy atom. The molecule has 31 heavy (non-hydrogen) atoms. The van der Waals surface area contributed by atoms with Crippen molar-refractivity contribution >= 4 is 16.0 Å². The zero-order valence-electron chi connectivity index (χ0n) is 19.6. The summed E-state index contributed by atoms with van der Waals surface area (Å²) in [6.45, 7) is 2.23. The molecule has 0 aliphatic carbocycles. The molecule has 0 saturated heterocycles. The molecule has 0 spiro atoms. The number of quaternary nitrogens is 1. The van der Waals surface area contributed by atoms with Gasteiger partial charge in [-0.2, -0.15) is 0 Å². The Morgan fingerprint density at radius 3 is 2.06 bits per heavy atom. The second-order valence-electron chi connectivity index (χ2n) is 8.91. The molecule has 2 N–H and O–H groups in total. The molecule has 0 fully saturated rings. The first-order valence-corrected chi connectivity index (χ1v) is 15.3. The van der Waals surface area contributed by atoms with Gasteiger partial charge in [-0.3, -0.25) is 0 Å². The Hall–Kier alpha value is -0.710. The van der Waals surface area contributed by atoms with Crippen LogP contribution < -0.4 is 26.2 Å². The minimum absolute atomic E-state index is 0.199. The number of hydrogen-bond donors (Lipinski definition) is 2. The summed E-state index contributed by atoms with van der Waals surface area (Å²) in [5, 5.41) is 9.16. The Morgan fingerprint density at radius 1 is 1.00 bits per heavy atom. The molecule has 0 aliphatic heterocycles. The first-order valence-electron chi connectivity index (χ1n) is 11.3. The standard InChI is InChI=1S/C23H41IN2O4S/c1-5-6-7-8-9-10-11-12-13-20-14-16-22(17-15-20)31(29,30)25-21(18-23(27)28)19-24-26(2,3)4/h14-17,21,25H,5-13,18-19H2,1-4H3,(H,27,28)/t21-/m1/s1. The van der Waals surface area contributed by atoms with E-state index in [1.165, 1.54) is 44.9 Å². The average molecular weight is 569 g/mol. The van der Waals surface area contributed by atoms with E-state index in [0.29, 0.717) is 4.43 Å². The monoisotopic (exact) mass is 568 g/mol. The number of aliphatic carboxylic acids is 1. The molecule has 180 valence electrons. The second kappa shape index (κ2) is 14.4. The van der Waals surface area contributed by atoms with Gasteiger partial charge in [-0.05, 0) is 0 Å². The summed E-state index contributed by atoms with van der Waals surface area (Å²) in [7, 11) is 2.41. The molecule has 0 aliphatic rings. The topological polar surface area (TPSA) is 83.5 Å². The van der Waals surface area contributed by atoms with Crippen LogP contribution in [0.15, 0.2) is 29.2 Å². The fraction of sp³-hybridized carbons (Fsp3) is 0.696. The number of nitrogens with zero attached hydrogens (tertiary/aromatic N) is 1. The molecular formula is C23H41IN2O4S. The van der Waals surface area contributed by atoms with Gasteiger partial charge in [-0.25, -0.2) is 0 Å². The van der Waals surface area contributed by atoms with Crippen molar-refractivity contribution in [2.75, 3.05) is 25.6 Å². The molecule has 1 rings (SSSR count). The van der Waals surface area contributed by atoms with Crippen molar-refractivity contribution in [3.05, 3.63) is 29.8 Å². The van der Waals surface area contributed by atoms with E-state index in [1.807, 2.05) is 33.3 Å². The molecular weight excluding hydrogens is 527 g/mol. The molecule has 6 nitrogen and oxygen atoms in total. The summed E-state index contributed by atoms with van der Waals surface area (Å²) in [5.41, 5.74) is 1.14. The van der Waals surface area contributed by atoms with Gasteiger partial charge in [0.2, 0.25) is 0 Å². The van der Waals surface area contributed by atoms with Gasteiger partial charge in [0.25, 0.3) is 0 Å². The normalized spacial score (nSPS) is 13.4. The van der Waals surface area contributed by atoms with E-state index in [0.717, 1.165) is 21.1 Å². The van der Waals surface area contributed by atoms with Gasteiger partial charge in [0.1, 0.15) is 0 Å². The molecule has 0 amide bonds. The van der Waals surface area contributed by atoms with E-state index < -0.39 is 22.0 Å². The van der Waals surface area contributed by atoms with Gasteiger partial charge in [0.15, 0.2) is 0 Å². The first kappa shape index (κ1) is 28.3. The molecule has 0 radical (unpaired) electrons. The van der Waals surface area contributed by atoms with Crippen LogP contribution in [0.25, 0.3) is 0 Å². The van der Waals surface area contributed by atoms with Crippen LogP contribution in [0.2, 0.25) is 0 Å². The minimum atomic E-state index is -3.73. The third-order valence-electron chi connectivity index (χ3n) is 4.91. The summed E-state index contributed by atoms with van der Waals surface area (Å²) in [4.78, 5) is 11.4. The fourth-order valence-corrected chi connectivity index (χ4v) is 6.94. The number of aryl methyl sites for hydroxylation is 1. The van der Waals surface area contributed by atoms with Crippen LogP contribution in [0.5, 0.6) is 0 Å². The van der Waals surface area contributed by atoms with Crippen molar-refractivity contribution in [1.29, 1.82) is 0 Å². The van der Waals surface area contributed by atoms with Gasteiger partial charge < -0.3 is 0 Å². The molecule has 0 bridgehead atoms. The number of unbranched alkanes of at least 4 members (excludes halogenated alkanes) is 7. The fourth-order valence-electron chi connectivity index (χ4n) is 3.21. The molecule has 8 heteroatoms. The Labute approximate surface area is 200 Å². The van der Waals surface area contributed by atoms with Crippen LogP contribution in [-0.2, 0) is 21.2 Å².